The van der Waals surface area contributed by atoms with Crippen LogP contribution in [0.3, 0.4) is 0 Å². The number of carbonyl (C=O) groups excluding carboxylic acids is 1. The van der Waals surface area contributed by atoms with Gasteiger partial charge in [0, 0.05) is 23.7 Å². The summed E-state index contributed by atoms with van der Waals surface area (Å²) in [6, 6.07) is 9.42. The number of carbonyl (C=O) groups is 1. The highest BCUT2D eigenvalue weighted by Gasteiger charge is 2.57. The topological polar surface area (TPSA) is 70.7 Å². The summed E-state index contributed by atoms with van der Waals surface area (Å²) in [4.78, 5) is 17.1. The largest absolute Gasteiger partial charge is 0.311 e. The lowest BCUT2D eigenvalue weighted by molar-refractivity contribution is -0.116. The molecule has 5 atom stereocenters. The molecule has 1 fully saturated rings. The highest BCUT2D eigenvalue weighted by molar-refractivity contribution is 5.89. The Labute approximate surface area is 199 Å². The number of hydrogen-bond donors (Lipinski definition) is 2. The molecule has 3 aromatic rings. The summed E-state index contributed by atoms with van der Waals surface area (Å²) in [6.07, 6.45) is 8.86. The Hall–Kier alpha value is -3.02. The second-order valence-electron chi connectivity index (χ2n) is 10.7. The van der Waals surface area contributed by atoms with Gasteiger partial charge in [0.15, 0.2) is 0 Å². The van der Waals surface area contributed by atoms with Crippen molar-refractivity contribution in [3.63, 3.8) is 0 Å². The number of aryl methyl sites for hydroxylation is 1. The molecule has 3 aliphatic rings. The fraction of sp³-hybridized carbons (Fsp3) is 0.464. The van der Waals surface area contributed by atoms with Crippen molar-refractivity contribution in [3.8, 4) is 0 Å². The molecule has 176 valence electrons. The average molecular weight is 459 g/mol. The van der Waals surface area contributed by atoms with Crippen LogP contribution in [-0.4, -0.2) is 21.1 Å². The van der Waals surface area contributed by atoms with E-state index in [1.54, 1.807) is 12.3 Å². The van der Waals surface area contributed by atoms with Gasteiger partial charge in [-0.05, 0) is 103 Å². The van der Waals surface area contributed by atoms with Crippen LogP contribution in [0.1, 0.15) is 78.8 Å². The Morgan fingerprint density at radius 2 is 2.15 bits per heavy atom. The molecule has 0 spiro atoms. The number of benzene rings is 1. The van der Waals surface area contributed by atoms with Gasteiger partial charge in [0.05, 0.1) is 6.20 Å². The van der Waals surface area contributed by atoms with E-state index < -0.39 is 0 Å². The summed E-state index contributed by atoms with van der Waals surface area (Å²) in [5.74, 6) is 2.13. The van der Waals surface area contributed by atoms with Gasteiger partial charge in [0.25, 0.3) is 0 Å². The van der Waals surface area contributed by atoms with Crippen LogP contribution in [0.15, 0.2) is 42.7 Å². The lowest BCUT2D eigenvalue weighted by Gasteiger charge is -2.50. The lowest BCUT2D eigenvalue weighted by Crippen LogP contribution is -2.44. The van der Waals surface area contributed by atoms with Crippen molar-refractivity contribution in [1.29, 1.82) is 0 Å². The predicted molar refractivity (Wildman–Crippen MR) is 129 cm³/mol. The average Bonchev–Trinajstić information content (AvgIpc) is 3.39. The second-order valence-corrected chi connectivity index (χ2v) is 10.7. The second kappa shape index (κ2) is 8.03. The van der Waals surface area contributed by atoms with Crippen LogP contribution in [0.5, 0.6) is 0 Å². The Bertz CT molecular complexity index is 1250. The van der Waals surface area contributed by atoms with Crippen molar-refractivity contribution < 1.29 is 9.18 Å². The van der Waals surface area contributed by atoms with Crippen LogP contribution < -0.4 is 5.32 Å². The molecule has 2 aromatic heterocycles. The van der Waals surface area contributed by atoms with Gasteiger partial charge in [-0.25, -0.2) is 9.37 Å². The number of pyridine rings is 1. The minimum absolute atomic E-state index is 0.000156. The van der Waals surface area contributed by atoms with Crippen molar-refractivity contribution in [1.82, 2.24) is 15.2 Å². The first-order chi connectivity index (χ1) is 16.5. The number of halogens is 1. The van der Waals surface area contributed by atoms with Crippen LogP contribution in [0.2, 0.25) is 0 Å². The van der Waals surface area contributed by atoms with Gasteiger partial charge in [-0.2, -0.15) is 5.10 Å². The number of rotatable bonds is 4. The zero-order valence-corrected chi connectivity index (χ0v) is 19.8. The summed E-state index contributed by atoms with van der Waals surface area (Å²) in [5.41, 5.74) is 5.77. The zero-order chi connectivity index (χ0) is 23.4. The van der Waals surface area contributed by atoms with Gasteiger partial charge < -0.3 is 5.32 Å². The summed E-state index contributed by atoms with van der Waals surface area (Å²) in [6.45, 7) is 4.37. The van der Waals surface area contributed by atoms with Gasteiger partial charge in [-0.15, -0.1) is 0 Å². The summed E-state index contributed by atoms with van der Waals surface area (Å²) >= 11 is 0. The van der Waals surface area contributed by atoms with Crippen molar-refractivity contribution in [2.24, 2.45) is 11.8 Å². The third kappa shape index (κ3) is 3.29. The molecule has 6 rings (SSSR count). The Balaban J connectivity index is 1.27. The van der Waals surface area contributed by atoms with E-state index in [-0.39, 0.29) is 23.1 Å². The summed E-state index contributed by atoms with van der Waals surface area (Å²) < 4.78 is 14.6. The number of hydrogen-bond acceptors (Lipinski definition) is 3. The van der Waals surface area contributed by atoms with Crippen molar-refractivity contribution in [3.05, 3.63) is 76.5 Å². The number of nitrogens with one attached hydrogen (secondary N) is 2. The van der Waals surface area contributed by atoms with E-state index >= 15 is 0 Å². The normalized spacial score (nSPS) is 29.0. The molecule has 2 N–H and O–H groups in total. The number of aromatic amines is 1. The van der Waals surface area contributed by atoms with Gasteiger partial charge in [-0.3, -0.25) is 9.89 Å². The van der Waals surface area contributed by atoms with Gasteiger partial charge in [0.1, 0.15) is 11.6 Å². The van der Waals surface area contributed by atoms with Crippen LogP contribution >= 0.6 is 0 Å². The minimum atomic E-state index is -0.0527. The number of fused-ring (bicyclic) bond motifs is 7. The standard InChI is InChI=1S/C28H31FN4O/c1-16-11-13-30-24(14-16)32-25(34)9-8-21-22-15-31-33-27(22)28(2)12-10-18-17-4-3-5-23(29)19(17)6-7-20(18)26(21)28/h3-5,11,13-15,18,20-21,26H,6-10,12H2,1-2H3,(H,31,33)(H,30,32,34)/t18?,20?,21-,26?,28+/m1/s1. The van der Waals surface area contributed by atoms with Gasteiger partial charge in [-0.1, -0.05) is 19.1 Å². The Kier molecular flexibility index (Phi) is 5.08. The van der Waals surface area contributed by atoms with Crippen LogP contribution in [0.25, 0.3) is 0 Å². The molecule has 6 heteroatoms. The van der Waals surface area contributed by atoms with E-state index in [9.17, 15) is 9.18 Å². The predicted octanol–water partition coefficient (Wildman–Crippen LogP) is 5.78. The number of nitrogens with zero attached hydrogens (tertiary/aromatic N) is 2. The van der Waals surface area contributed by atoms with E-state index in [4.69, 9.17) is 0 Å². The molecular weight excluding hydrogens is 427 g/mol. The highest BCUT2D eigenvalue weighted by atomic mass is 19.1. The Morgan fingerprint density at radius 1 is 1.26 bits per heavy atom. The monoisotopic (exact) mass is 458 g/mol. The number of H-pyrrole nitrogens is 1. The Morgan fingerprint density at radius 3 is 3.00 bits per heavy atom. The maximum atomic E-state index is 14.6. The first kappa shape index (κ1) is 21.5. The van der Waals surface area contributed by atoms with E-state index in [0.29, 0.717) is 30.0 Å². The molecule has 3 unspecified atom stereocenters. The van der Waals surface area contributed by atoms with E-state index in [1.165, 1.54) is 16.8 Å². The van der Waals surface area contributed by atoms with Crippen LogP contribution in [0, 0.1) is 24.6 Å². The highest BCUT2D eigenvalue weighted by Crippen LogP contribution is 2.64. The molecule has 5 nitrogen and oxygen atoms in total. The smallest absolute Gasteiger partial charge is 0.225 e. The number of amides is 1. The maximum Gasteiger partial charge on any atom is 0.225 e. The fourth-order valence-electron chi connectivity index (χ4n) is 7.52. The molecule has 1 saturated carbocycles. The fourth-order valence-corrected chi connectivity index (χ4v) is 7.52. The molecule has 0 radical (unpaired) electrons. The van der Waals surface area contributed by atoms with Crippen LogP contribution in [-0.2, 0) is 16.6 Å². The summed E-state index contributed by atoms with van der Waals surface area (Å²) in [7, 11) is 0. The third-order valence-electron chi connectivity index (χ3n) is 8.91. The maximum absolute atomic E-state index is 14.6. The van der Waals surface area contributed by atoms with Crippen molar-refractivity contribution in [2.75, 3.05) is 5.32 Å². The molecule has 2 heterocycles. The van der Waals surface area contributed by atoms with Crippen molar-refractivity contribution in [2.45, 2.75) is 69.6 Å². The molecule has 0 saturated heterocycles. The van der Waals surface area contributed by atoms with E-state index in [2.05, 4.69) is 33.5 Å². The molecule has 34 heavy (non-hydrogen) atoms. The van der Waals surface area contributed by atoms with Crippen molar-refractivity contribution >= 4 is 11.7 Å². The lowest BCUT2D eigenvalue weighted by atomic mass is 9.53. The molecule has 1 amide bonds. The molecule has 0 aliphatic heterocycles. The van der Waals surface area contributed by atoms with Crippen LogP contribution in [0.4, 0.5) is 10.2 Å². The first-order valence-corrected chi connectivity index (χ1v) is 12.5. The summed E-state index contributed by atoms with van der Waals surface area (Å²) in [5, 5.41) is 10.7. The number of aromatic nitrogens is 3. The molecule has 1 aromatic carbocycles. The molecule has 3 aliphatic carbocycles. The van der Waals surface area contributed by atoms with E-state index in [1.807, 2.05) is 31.3 Å². The van der Waals surface area contributed by atoms with Gasteiger partial charge >= 0.3 is 0 Å². The zero-order valence-electron chi connectivity index (χ0n) is 19.8. The molecular formula is C28H31FN4O. The quantitative estimate of drug-likeness (QED) is 0.520. The third-order valence-corrected chi connectivity index (χ3v) is 8.91. The first-order valence-electron chi connectivity index (χ1n) is 12.5. The SMILES string of the molecule is Cc1ccnc(NC(=O)CC[C@@H]2c3cn[nH]c3[C@@]3(C)CCC4c5cccc(F)c5CCC4C23)c1. The van der Waals surface area contributed by atoms with Gasteiger partial charge in [0.2, 0.25) is 5.91 Å². The molecule has 0 bridgehead atoms. The van der Waals surface area contributed by atoms with E-state index in [0.717, 1.165) is 43.2 Å². The number of anilines is 1. The minimum Gasteiger partial charge on any atom is -0.311 e.